The Labute approximate surface area is 177 Å². The van der Waals surface area contributed by atoms with Crippen molar-refractivity contribution < 1.29 is 9.59 Å². The van der Waals surface area contributed by atoms with Crippen LogP contribution in [0.5, 0.6) is 0 Å². The first kappa shape index (κ1) is 22.4. The lowest BCUT2D eigenvalue weighted by atomic mass is 9.95. The van der Waals surface area contributed by atoms with Crippen LogP contribution >= 0.6 is 24.0 Å². The van der Waals surface area contributed by atoms with Crippen molar-refractivity contribution in [3.8, 4) is 0 Å². The van der Waals surface area contributed by atoms with Gasteiger partial charge in [0.1, 0.15) is 0 Å². The van der Waals surface area contributed by atoms with Crippen molar-refractivity contribution >= 4 is 41.4 Å². The van der Waals surface area contributed by atoms with E-state index in [9.17, 15) is 9.59 Å². The number of nitrogens with zero attached hydrogens (tertiary/aromatic N) is 1. The van der Waals surface area contributed by atoms with Crippen molar-refractivity contribution in [3.05, 3.63) is 64.7 Å². The van der Waals surface area contributed by atoms with Gasteiger partial charge in [-0.1, -0.05) is 61.2 Å². The Balaban J connectivity index is 0.00000280. The molecule has 0 atom stereocenters. The summed E-state index contributed by atoms with van der Waals surface area (Å²) in [4.78, 5) is 27.2. The molecule has 28 heavy (non-hydrogen) atoms. The maximum Gasteiger partial charge on any atom is 0.240 e. The Morgan fingerprint density at radius 1 is 1.07 bits per heavy atom. The van der Waals surface area contributed by atoms with Gasteiger partial charge in [-0.25, -0.2) is 0 Å². The van der Waals surface area contributed by atoms with E-state index < -0.39 is 0 Å². The Bertz CT molecular complexity index is 805. The smallest absolute Gasteiger partial charge is 0.240 e. The summed E-state index contributed by atoms with van der Waals surface area (Å²) in [6, 6.07) is 14.5. The molecular formula is C22H26Cl2N2O2. The number of carbonyl (C=O) groups is 2. The van der Waals surface area contributed by atoms with Gasteiger partial charge in [0.15, 0.2) is 5.78 Å². The van der Waals surface area contributed by atoms with Crippen LogP contribution < -0.4 is 10.2 Å². The number of nitrogens with one attached hydrogen (secondary N) is 1. The zero-order chi connectivity index (χ0) is 19.2. The molecule has 1 amide bonds. The maximum atomic E-state index is 12.9. The molecule has 1 saturated carbocycles. The molecule has 3 rings (SSSR count). The summed E-state index contributed by atoms with van der Waals surface area (Å²) in [6.45, 7) is 0.267. The molecule has 0 spiro atoms. The predicted molar refractivity (Wildman–Crippen MR) is 117 cm³/mol. The van der Waals surface area contributed by atoms with E-state index in [0.29, 0.717) is 27.9 Å². The highest BCUT2D eigenvalue weighted by molar-refractivity contribution is 6.31. The van der Waals surface area contributed by atoms with Gasteiger partial charge >= 0.3 is 0 Å². The van der Waals surface area contributed by atoms with Gasteiger partial charge in [-0.2, -0.15) is 0 Å². The fourth-order valence-electron chi connectivity index (χ4n) is 3.52. The Hall–Kier alpha value is -1.88. The number of likely N-dealkylation sites (N-methyl/N-ethyl adjacent to an activating group) is 1. The highest BCUT2D eigenvalue weighted by atomic mass is 35.5. The molecule has 150 valence electrons. The third kappa shape index (κ3) is 5.57. The first-order valence-corrected chi connectivity index (χ1v) is 9.83. The molecular weight excluding hydrogens is 395 g/mol. The number of benzene rings is 2. The third-order valence-corrected chi connectivity index (χ3v) is 5.36. The van der Waals surface area contributed by atoms with Gasteiger partial charge in [0.05, 0.1) is 12.2 Å². The molecule has 4 nitrogen and oxygen atoms in total. The van der Waals surface area contributed by atoms with Crippen LogP contribution in [0.15, 0.2) is 48.5 Å². The predicted octanol–water partition coefficient (Wildman–Crippen LogP) is 4.88. The minimum absolute atomic E-state index is 0. The molecule has 0 radical (unpaired) electrons. The monoisotopic (exact) mass is 420 g/mol. The Morgan fingerprint density at radius 3 is 2.43 bits per heavy atom. The number of carbonyl (C=O) groups excluding carboxylic acids is 2. The lowest BCUT2D eigenvalue weighted by molar-refractivity contribution is -0.117. The lowest BCUT2D eigenvalue weighted by Crippen LogP contribution is -2.41. The zero-order valence-corrected chi connectivity index (χ0v) is 17.6. The summed E-state index contributed by atoms with van der Waals surface area (Å²) in [5, 5.41) is 3.83. The van der Waals surface area contributed by atoms with E-state index in [2.05, 4.69) is 5.32 Å². The molecule has 2 aromatic carbocycles. The van der Waals surface area contributed by atoms with Gasteiger partial charge in [0.25, 0.3) is 0 Å². The maximum absolute atomic E-state index is 12.9. The Kier molecular flexibility index (Phi) is 8.49. The van der Waals surface area contributed by atoms with E-state index in [-0.39, 0.29) is 30.6 Å². The molecule has 1 fully saturated rings. The van der Waals surface area contributed by atoms with E-state index in [1.165, 1.54) is 19.3 Å². The average Bonchev–Trinajstić information content (AvgIpc) is 2.72. The molecule has 0 saturated heterocycles. The normalized spacial score (nSPS) is 14.2. The fraction of sp³-hybridized carbons (Fsp3) is 0.364. The molecule has 0 aliphatic heterocycles. The second kappa shape index (κ2) is 10.6. The van der Waals surface area contributed by atoms with Crippen LogP contribution in [0, 0.1) is 0 Å². The summed E-state index contributed by atoms with van der Waals surface area (Å²) in [6.07, 6.45) is 5.95. The molecule has 1 aliphatic rings. The molecule has 0 unspecified atom stereocenters. The quantitative estimate of drug-likeness (QED) is 0.677. The van der Waals surface area contributed by atoms with Gasteiger partial charge in [-0.3, -0.25) is 9.59 Å². The van der Waals surface area contributed by atoms with Crippen LogP contribution in [-0.4, -0.2) is 31.3 Å². The average molecular weight is 421 g/mol. The van der Waals surface area contributed by atoms with E-state index in [4.69, 9.17) is 11.6 Å². The number of anilines is 1. The molecule has 0 heterocycles. The van der Waals surface area contributed by atoms with Crippen molar-refractivity contribution in [2.45, 2.75) is 38.1 Å². The van der Waals surface area contributed by atoms with E-state index in [0.717, 1.165) is 12.8 Å². The van der Waals surface area contributed by atoms with Crippen LogP contribution in [0.4, 0.5) is 5.69 Å². The molecule has 6 heteroatoms. The summed E-state index contributed by atoms with van der Waals surface area (Å²) < 4.78 is 0. The van der Waals surface area contributed by atoms with Crippen molar-refractivity contribution in [1.82, 2.24) is 5.32 Å². The minimum Gasteiger partial charge on any atom is -0.314 e. The second-order valence-electron chi connectivity index (χ2n) is 7.03. The van der Waals surface area contributed by atoms with Crippen LogP contribution in [-0.2, 0) is 4.79 Å². The summed E-state index contributed by atoms with van der Waals surface area (Å²) >= 11 is 6.13. The fourth-order valence-corrected chi connectivity index (χ4v) is 3.69. The van der Waals surface area contributed by atoms with Crippen LogP contribution in [0.25, 0.3) is 0 Å². The molecule has 2 aromatic rings. The van der Waals surface area contributed by atoms with Crippen molar-refractivity contribution in [3.63, 3.8) is 0 Å². The SMILES string of the molecule is CN(C(=O)CNC1CCCCC1)c1ccc(Cl)cc1C(=O)c1ccccc1.Cl. The molecule has 1 N–H and O–H groups in total. The number of ketones is 1. The lowest BCUT2D eigenvalue weighted by Gasteiger charge is -2.25. The van der Waals surface area contributed by atoms with Crippen LogP contribution in [0.3, 0.4) is 0 Å². The topological polar surface area (TPSA) is 49.4 Å². The number of hydrogen-bond acceptors (Lipinski definition) is 3. The van der Waals surface area contributed by atoms with Crippen molar-refractivity contribution in [2.75, 3.05) is 18.5 Å². The summed E-state index contributed by atoms with van der Waals surface area (Å²) in [7, 11) is 1.70. The van der Waals surface area contributed by atoms with Gasteiger partial charge in [0.2, 0.25) is 5.91 Å². The van der Waals surface area contributed by atoms with Crippen molar-refractivity contribution in [1.29, 1.82) is 0 Å². The Morgan fingerprint density at radius 2 is 1.75 bits per heavy atom. The first-order valence-electron chi connectivity index (χ1n) is 9.45. The van der Waals surface area contributed by atoms with Crippen molar-refractivity contribution in [2.24, 2.45) is 0 Å². The number of halogens is 2. The van der Waals surface area contributed by atoms with E-state index >= 15 is 0 Å². The highest BCUT2D eigenvalue weighted by Gasteiger charge is 2.21. The minimum atomic E-state index is -0.145. The van der Waals surface area contributed by atoms with Gasteiger partial charge in [-0.05, 0) is 31.0 Å². The molecule has 0 aromatic heterocycles. The van der Waals surface area contributed by atoms with Crippen LogP contribution in [0.1, 0.15) is 48.0 Å². The largest absolute Gasteiger partial charge is 0.314 e. The van der Waals surface area contributed by atoms with Crippen LogP contribution in [0.2, 0.25) is 5.02 Å². The highest BCUT2D eigenvalue weighted by Crippen LogP contribution is 2.26. The van der Waals surface area contributed by atoms with Gasteiger partial charge < -0.3 is 10.2 Å². The number of amides is 1. The second-order valence-corrected chi connectivity index (χ2v) is 7.46. The molecule has 1 aliphatic carbocycles. The number of hydrogen-bond donors (Lipinski definition) is 1. The summed E-state index contributed by atoms with van der Waals surface area (Å²) in [5.41, 5.74) is 1.58. The zero-order valence-electron chi connectivity index (χ0n) is 16.0. The van der Waals surface area contributed by atoms with Gasteiger partial charge in [-0.15, -0.1) is 12.4 Å². The third-order valence-electron chi connectivity index (χ3n) is 5.12. The standard InChI is InChI=1S/C22H25ClN2O2.ClH/c1-25(21(26)15-24-18-10-6-3-7-11-18)20-13-12-17(23)14-19(20)22(27)16-8-4-2-5-9-16;/h2,4-5,8-9,12-14,18,24H,3,6-7,10-11,15H2,1H3;1H. The van der Waals surface area contributed by atoms with E-state index in [1.807, 2.05) is 18.2 Å². The van der Waals surface area contributed by atoms with Gasteiger partial charge in [0, 0.05) is 29.2 Å². The molecule has 0 bridgehead atoms. The summed E-state index contributed by atoms with van der Waals surface area (Å²) in [5.74, 6) is -0.210. The first-order chi connectivity index (χ1) is 13.1. The number of rotatable bonds is 6. The van der Waals surface area contributed by atoms with E-state index in [1.54, 1.807) is 42.3 Å².